The summed E-state index contributed by atoms with van der Waals surface area (Å²) < 4.78 is 5.96. The van der Waals surface area contributed by atoms with Gasteiger partial charge in [-0.2, -0.15) is 0 Å². The molecule has 2 heteroatoms. The van der Waals surface area contributed by atoms with E-state index < -0.39 is 0 Å². The maximum atomic E-state index is 9.83. The van der Waals surface area contributed by atoms with Crippen molar-refractivity contribution in [3.05, 3.63) is 41.7 Å². The summed E-state index contributed by atoms with van der Waals surface area (Å²) in [5.74, 6) is 0.917. The summed E-state index contributed by atoms with van der Waals surface area (Å²) in [5, 5.41) is 11.0. The highest BCUT2D eigenvalue weighted by Crippen LogP contribution is 2.31. The average Bonchev–Trinajstić information content (AvgIpc) is 2.67. The summed E-state index contributed by atoms with van der Waals surface area (Å²) in [6.07, 6.45) is 5.70. The molecule has 0 saturated carbocycles. The van der Waals surface area contributed by atoms with E-state index in [4.69, 9.17) is 4.42 Å². The van der Waals surface area contributed by atoms with Gasteiger partial charge in [-0.15, -0.1) is 0 Å². The third kappa shape index (κ3) is 2.08. The summed E-state index contributed by atoms with van der Waals surface area (Å²) in [7, 11) is 0. The van der Waals surface area contributed by atoms with E-state index >= 15 is 0 Å². The van der Waals surface area contributed by atoms with Crippen LogP contribution >= 0.6 is 0 Å². The maximum absolute atomic E-state index is 9.83. The van der Waals surface area contributed by atoms with Gasteiger partial charge in [0, 0.05) is 5.39 Å². The Morgan fingerprint density at radius 1 is 1.28 bits per heavy atom. The minimum atomic E-state index is -0.322. The maximum Gasteiger partial charge on any atom is 0.137 e. The van der Waals surface area contributed by atoms with Gasteiger partial charge in [-0.3, -0.25) is 0 Å². The molecule has 1 N–H and O–H groups in total. The van der Waals surface area contributed by atoms with Gasteiger partial charge in [0.2, 0.25) is 0 Å². The fourth-order valence-electron chi connectivity index (χ4n) is 2.64. The minimum Gasteiger partial charge on any atom is -0.456 e. The number of furan rings is 1. The van der Waals surface area contributed by atoms with E-state index in [9.17, 15) is 5.11 Å². The van der Waals surface area contributed by atoms with Crippen molar-refractivity contribution in [3.63, 3.8) is 0 Å². The Morgan fingerprint density at radius 2 is 2.17 bits per heavy atom. The predicted octanol–water partition coefficient (Wildman–Crippen LogP) is 4.06. The molecule has 1 heterocycles. The van der Waals surface area contributed by atoms with Crippen LogP contribution in [0.25, 0.3) is 16.5 Å². The molecule has 0 amide bonds. The average molecular weight is 242 g/mol. The monoisotopic (exact) mass is 242 g/mol. The number of hydrogen-bond donors (Lipinski definition) is 1. The topological polar surface area (TPSA) is 33.4 Å². The molecule has 0 bridgehead atoms. The highest BCUT2D eigenvalue weighted by Gasteiger charge is 2.14. The van der Waals surface area contributed by atoms with E-state index in [1.807, 2.05) is 12.1 Å². The fourth-order valence-corrected chi connectivity index (χ4v) is 2.64. The Balaban J connectivity index is 2.06. The van der Waals surface area contributed by atoms with Gasteiger partial charge in [0.1, 0.15) is 11.3 Å². The molecule has 3 rings (SSSR count). The molecule has 0 fully saturated rings. The fraction of sp³-hybridized carbons (Fsp3) is 0.375. The van der Waals surface area contributed by atoms with Gasteiger partial charge in [0.05, 0.1) is 6.10 Å². The molecular formula is C16H18O2. The van der Waals surface area contributed by atoms with E-state index in [-0.39, 0.29) is 6.10 Å². The Hall–Kier alpha value is -1.54. The number of aryl methyl sites for hydroxylation is 1. The minimum absolute atomic E-state index is 0.322. The zero-order valence-corrected chi connectivity index (χ0v) is 10.6. The van der Waals surface area contributed by atoms with Crippen molar-refractivity contribution in [1.29, 1.82) is 0 Å². The summed E-state index contributed by atoms with van der Waals surface area (Å²) in [6, 6.07) is 8.27. The summed E-state index contributed by atoms with van der Waals surface area (Å²) >= 11 is 0. The Bertz CT molecular complexity index is 592. The van der Waals surface area contributed by atoms with Gasteiger partial charge in [0.25, 0.3) is 0 Å². The number of allylic oxidation sites excluding steroid dienone is 1. The van der Waals surface area contributed by atoms with Gasteiger partial charge in [-0.05, 0) is 49.5 Å². The molecule has 94 valence electrons. The third-order valence-corrected chi connectivity index (χ3v) is 3.65. The van der Waals surface area contributed by atoms with E-state index in [2.05, 4.69) is 25.1 Å². The highest BCUT2D eigenvalue weighted by atomic mass is 16.3. The van der Waals surface area contributed by atoms with Crippen LogP contribution in [0, 0.1) is 6.92 Å². The van der Waals surface area contributed by atoms with Crippen LogP contribution in [0.2, 0.25) is 0 Å². The van der Waals surface area contributed by atoms with Crippen LogP contribution in [0.5, 0.6) is 0 Å². The molecule has 0 saturated heterocycles. The molecule has 1 atom stereocenters. The number of aliphatic hydroxyl groups is 1. The summed E-state index contributed by atoms with van der Waals surface area (Å²) in [6.45, 7) is 2.06. The third-order valence-electron chi connectivity index (χ3n) is 3.65. The molecule has 2 aromatic rings. The van der Waals surface area contributed by atoms with Crippen LogP contribution in [-0.4, -0.2) is 11.2 Å². The largest absolute Gasteiger partial charge is 0.456 e. The molecule has 1 aromatic carbocycles. The van der Waals surface area contributed by atoms with Crippen molar-refractivity contribution in [3.8, 4) is 0 Å². The number of hydrogen-bond acceptors (Lipinski definition) is 2. The van der Waals surface area contributed by atoms with Crippen molar-refractivity contribution in [2.45, 2.75) is 38.7 Å². The van der Waals surface area contributed by atoms with Gasteiger partial charge >= 0.3 is 0 Å². The second-order valence-corrected chi connectivity index (χ2v) is 5.11. The first kappa shape index (κ1) is 11.5. The normalized spacial score (nSPS) is 20.8. The molecule has 0 spiro atoms. The first-order valence-corrected chi connectivity index (χ1v) is 6.62. The number of fused-ring (bicyclic) bond motifs is 1. The first-order valence-electron chi connectivity index (χ1n) is 6.62. The summed E-state index contributed by atoms with van der Waals surface area (Å²) in [4.78, 5) is 0. The second kappa shape index (κ2) is 4.62. The molecule has 1 aliphatic rings. The Labute approximate surface area is 107 Å². The second-order valence-electron chi connectivity index (χ2n) is 5.11. The van der Waals surface area contributed by atoms with Gasteiger partial charge in [-0.25, -0.2) is 0 Å². The first-order chi connectivity index (χ1) is 8.74. The van der Waals surface area contributed by atoms with E-state index in [0.717, 1.165) is 53.5 Å². The lowest BCUT2D eigenvalue weighted by atomic mass is 10.1. The quantitative estimate of drug-likeness (QED) is 0.818. The molecule has 18 heavy (non-hydrogen) atoms. The van der Waals surface area contributed by atoms with E-state index in [1.54, 1.807) is 0 Å². The Morgan fingerprint density at radius 3 is 3.00 bits per heavy atom. The summed E-state index contributed by atoms with van der Waals surface area (Å²) in [5.41, 5.74) is 3.27. The lowest BCUT2D eigenvalue weighted by Crippen LogP contribution is -1.99. The van der Waals surface area contributed by atoms with Crippen LogP contribution in [0.1, 0.15) is 37.0 Å². The Kier molecular flexibility index (Phi) is 2.96. The van der Waals surface area contributed by atoms with Crippen molar-refractivity contribution >= 4 is 16.5 Å². The molecule has 2 nitrogen and oxygen atoms in total. The molecule has 0 radical (unpaired) electrons. The zero-order valence-electron chi connectivity index (χ0n) is 10.6. The highest BCUT2D eigenvalue weighted by molar-refractivity contribution is 5.84. The molecule has 1 unspecified atom stereocenters. The standard InChI is InChI=1S/C16H18O2/c1-11-5-4-7-13-10-15(18-16(11)13)12-6-2-3-8-14(17)9-12/h4-5,7,9-10,14,17H,2-3,6,8H2,1H3. The van der Waals surface area contributed by atoms with Gasteiger partial charge < -0.3 is 9.52 Å². The molecule has 1 aliphatic carbocycles. The number of para-hydroxylation sites is 1. The SMILES string of the molecule is Cc1cccc2cc(C3=CC(O)CCCC3)oc12. The van der Waals surface area contributed by atoms with E-state index in [0.29, 0.717) is 0 Å². The van der Waals surface area contributed by atoms with Crippen LogP contribution in [0.4, 0.5) is 0 Å². The lowest BCUT2D eigenvalue weighted by molar-refractivity contribution is 0.211. The smallest absolute Gasteiger partial charge is 0.137 e. The number of rotatable bonds is 1. The number of benzene rings is 1. The van der Waals surface area contributed by atoms with Crippen molar-refractivity contribution in [1.82, 2.24) is 0 Å². The van der Waals surface area contributed by atoms with Crippen molar-refractivity contribution < 1.29 is 9.52 Å². The van der Waals surface area contributed by atoms with Crippen LogP contribution in [-0.2, 0) is 0 Å². The van der Waals surface area contributed by atoms with Crippen LogP contribution < -0.4 is 0 Å². The molecular weight excluding hydrogens is 224 g/mol. The lowest BCUT2D eigenvalue weighted by Gasteiger charge is -2.02. The molecule has 1 aromatic heterocycles. The van der Waals surface area contributed by atoms with Crippen LogP contribution in [0.15, 0.2) is 34.8 Å². The van der Waals surface area contributed by atoms with E-state index in [1.165, 1.54) is 0 Å². The van der Waals surface area contributed by atoms with Crippen LogP contribution in [0.3, 0.4) is 0 Å². The predicted molar refractivity (Wildman–Crippen MR) is 73.4 cm³/mol. The van der Waals surface area contributed by atoms with Gasteiger partial charge in [0.15, 0.2) is 0 Å². The number of aliphatic hydroxyl groups excluding tert-OH is 1. The van der Waals surface area contributed by atoms with Crippen molar-refractivity contribution in [2.75, 3.05) is 0 Å². The van der Waals surface area contributed by atoms with Gasteiger partial charge in [-0.1, -0.05) is 24.6 Å². The zero-order chi connectivity index (χ0) is 12.5. The van der Waals surface area contributed by atoms with Crippen molar-refractivity contribution in [2.24, 2.45) is 0 Å². The molecule has 0 aliphatic heterocycles.